The highest BCUT2D eigenvalue weighted by atomic mass is 19.4. The number of hydrogen-bond donors (Lipinski definition) is 0. The van der Waals surface area contributed by atoms with E-state index in [0.717, 1.165) is 45.1 Å². The van der Waals surface area contributed by atoms with Gasteiger partial charge in [0, 0.05) is 19.6 Å². The largest absolute Gasteiger partial charge is 0.489 e. The van der Waals surface area contributed by atoms with E-state index in [0.29, 0.717) is 35.9 Å². The van der Waals surface area contributed by atoms with E-state index in [2.05, 4.69) is 11.0 Å². The Bertz CT molecular complexity index is 1070. The molecule has 1 aliphatic heterocycles. The Kier molecular flexibility index (Phi) is 6.80. The van der Waals surface area contributed by atoms with Gasteiger partial charge >= 0.3 is 12.1 Å². The average molecular weight is 488 g/mol. The minimum atomic E-state index is -4.36. The second kappa shape index (κ2) is 9.84. The van der Waals surface area contributed by atoms with Crippen molar-refractivity contribution in [2.75, 3.05) is 20.2 Å². The van der Waals surface area contributed by atoms with Crippen molar-refractivity contribution in [2.24, 2.45) is 5.92 Å². The molecule has 0 aromatic heterocycles. The molecule has 2 aromatic rings. The molecule has 0 amide bonds. The Labute approximate surface area is 204 Å². The fourth-order valence-corrected chi connectivity index (χ4v) is 5.53. The van der Waals surface area contributed by atoms with Crippen molar-refractivity contribution in [3.8, 4) is 5.75 Å². The Morgan fingerprint density at radius 1 is 0.971 bits per heavy atom. The normalized spacial score (nSPS) is 19.5. The van der Waals surface area contributed by atoms with Crippen LogP contribution in [-0.4, -0.2) is 31.1 Å². The lowest BCUT2D eigenvalue weighted by Gasteiger charge is -2.37. The summed E-state index contributed by atoms with van der Waals surface area (Å²) in [4.78, 5) is 13.9. The zero-order chi connectivity index (χ0) is 24.6. The summed E-state index contributed by atoms with van der Waals surface area (Å²) in [6.45, 7) is 2.28. The van der Waals surface area contributed by atoms with Crippen LogP contribution < -0.4 is 4.74 Å². The van der Waals surface area contributed by atoms with E-state index in [-0.39, 0.29) is 24.4 Å². The molecule has 0 N–H and O–H groups in total. The summed E-state index contributed by atoms with van der Waals surface area (Å²) in [5, 5.41) is 0. The number of rotatable bonds is 8. The third-order valence-electron chi connectivity index (χ3n) is 7.64. The van der Waals surface area contributed by atoms with Gasteiger partial charge in [-0.3, -0.25) is 9.69 Å². The van der Waals surface area contributed by atoms with Crippen molar-refractivity contribution in [3.63, 3.8) is 0 Å². The van der Waals surface area contributed by atoms with Gasteiger partial charge in [0.15, 0.2) is 0 Å². The molecule has 0 spiro atoms. The number of esters is 1. The summed E-state index contributed by atoms with van der Waals surface area (Å²) >= 11 is 0. The molecule has 0 unspecified atom stereocenters. The molecule has 0 atom stereocenters. The van der Waals surface area contributed by atoms with Gasteiger partial charge in [-0.15, -0.1) is 0 Å². The first-order chi connectivity index (χ1) is 16.8. The number of ether oxygens (including phenoxy) is 2. The van der Waals surface area contributed by atoms with Crippen LogP contribution in [0.1, 0.15) is 78.2 Å². The topological polar surface area (TPSA) is 38.8 Å². The van der Waals surface area contributed by atoms with Crippen LogP contribution in [0.15, 0.2) is 36.4 Å². The Balaban J connectivity index is 1.26. The molecule has 3 aliphatic rings. The zero-order valence-corrected chi connectivity index (χ0v) is 20.1. The standard InChI is InChI=1S/C28H32F3NO3/c1-34-27(33)22-15-32(16-22)14-21-9-10-23(13-25(21)20-7-8-20)35-17-18-6-11-24(19-4-2-3-5-19)26(12-18)28(29,30)31/h6,9-13,19-20,22H,2-5,7-8,14-17H2,1H3. The number of hydrogen-bond acceptors (Lipinski definition) is 4. The molecule has 1 heterocycles. The SMILES string of the molecule is COC(=O)C1CN(Cc2ccc(OCc3ccc(C4CCCC4)c(C(F)(F)F)c3)cc2C2CC2)C1. The van der Waals surface area contributed by atoms with Gasteiger partial charge in [-0.25, -0.2) is 0 Å². The van der Waals surface area contributed by atoms with Crippen LogP contribution in [0.5, 0.6) is 5.75 Å². The van der Waals surface area contributed by atoms with Gasteiger partial charge in [0.2, 0.25) is 0 Å². The minimum Gasteiger partial charge on any atom is -0.489 e. The summed E-state index contributed by atoms with van der Waals surface area (Å²) in [5.74, 6) is 0.990. The first-order valence-corrected chi connectivity index (χ1v) is 12.6. The lowest BCUT2D eigenvalue weighted by atomic mass is 9.91. The molecule has 2 aromatic carbocycles. The van der Waals surface area contributed by atoms with Gasteiger partial charge in [0.25, 0.3) is 0 Å². The number of carbonyl (C=O) groups excluding carboxylic acids is 1. The van der Waals surface area contributed by atoms with Crippen LogP contribution in [0.2, 0.25) is 0 Å². The maximum absolute atomic E-state index is 13.8. The number of benzene rings is 2. The molecular weight excluding hydrogens is 455 g/mol. The Hall–Kier alpha value is -2.54. The maximum atomic E-state index is 13.8. The molecule has 2 aliphatic carbocycles. The van der Waals surface area contributed by atoms with Crippen LogP contribution in [0.4, 0.5) is 13.2 Å². The number of halogens is 3. The van der Waals surface area contributed by atoms with Crippen LogP contribution >= 0.6 is 0 Å². The third kappa shape index (κ3) is 5.50. The van der Waals surface area contributed by atoms with Crippen molar-refractivity contribution in [1.29, 1.82) is 0 Å². The zero-order valence-electron chi connectivity index (χ0n) is 20.1. The molecule has 0 radical (unpaired) electrons. The van der Waals surface area contributed by atoms with Gasteiger partial charge < -0.3 is 9.47 Å². The van der Waals surface area contributed by atoms with E-state index in [9.17, 15) is 18.0 Å². The highest BCUT2D eigenvalue weighted by Gasteiger charge is 2.37. The lowest BCUT2D eigenvalue weighted by Crippen LogP contribution is -2.50. The monoisotopic (exact) mass is 487 g/mol. The number of carbonyl (C=O) groups is 1. The molecule has 3 fully saturated rings. The molecule has 5 rings (SSSR count). The van der Waals surface area contributed by atoms with Gasteiger partial charge in [-0.2, -0.15) is 13.2 Å². The average Bonchev–Trinajstić information content (AvgIpc) is 3.52. The number of nitrogens with zero attached hydrogens (tertiary/aromatic N) is 1. The van der Waals surface area contributed by atoms with Gasteiger partial charge in [-0.1, -0.05) is 31.0 Å². The second-order valence-corrected chi connectivity index (χ2v) is 10.2. The molecular formula is C28H32F3NO3. The summed E-state index contributed by atoms with van der Waals surface area (Å²) in [6, 6.07) is 10.7. The molecule has 188 valence electrons. The Morgan fingerprint density at radius 2 is 1.69 bits per heavy atom. The smallest absolute Gasteiger partial charge is 0.416 e. The lowest BCUT2D eigenvalue weighted by molar-refractivity contribution is -0.151. The predicted molar refractivity (Wildman–Crippen MR) is 126 cm³/mol. The van der Waals surface area contributed by atoms with E-state index in [1.807, 2.05) is 12.1 Å². The van der Waals surface area contributed by atoms with Crippen LogP contribution in [0.3, 0.4) is 0 Å². The summed E-state index contributed by atoms with van der Waals surface area (Å²) in [5.41, 5.74) is 2.92. The van der Waals surface area contributed by atoms with Crippen molar-refractivity contribution >= 4 is 5.97 Å². The summed E-state index contributed by atoms with van der Waals surface area (Å²) in [6.07, 6.45) is 1.56. The van der Waals surface area contributed by atoms with E-state index >= 15 is 0 Å². The van der Waals surface area contributed by atoms with E-state index in [1.165, 1.54) is 24.3 Å². The number of methoxy groups -OCH3 is 1. The van der Waals surface area contributed by atoms with Crippen LogP contribution in [-0.2, 0) is 28.9 Å². The molecule has 7 heteroatoms. The van der Waals surface area contributed by atoms with E-state index < -0.39 is 11.7 Å². The van der Waals surface area contributed by atoms with Crippen LogP contribution in [0, 0.1) is 5.92 Å². The Morgan fingerprint density at radius 3 is 2.34 bits per heavy atom. The summed E-state index contributed by atoms with van der Waals surface area (Å²) in [7, 11) is 1.42. The number of likely N-dealkylation sites (tertiary alicyclic amines) is 1. The second-order valence-electron chi connectivity index (χ2n) is 10.2. The quantitative estimate of drug-likeness (QED) is 0.403. The first-order valence-electron chi connectivity index (χ1n) is 12.6. The molecule has 35 heavy (non-hydrogen) atoms. The first kappa shape index (κ1) is 24.2. The fourth-order valence-electron chi connectivity index (χ4n) is 5.53. The van der Waals surface area contributed by atoms with Gasteiger partial charge in [0.1, 0.15) is 12.4 Å². The molecule has 2 saturated carbocycles. The molecule has 0 bridgehead atoms. The minimum absolute atomic E-state index is 0.00421. The highest BCUT2D eigenvalue weighted by molar-refractivity contribution is 5.73. The van der Waals surface area contributed by atoms with E-state index in [1.54, 1.807) is 12.1 Å². The van der Waals surface area contributed by atoms with Gasteiger partial charge in [-0.05, 0) is 78.0 Å². The van der Waals surface area contributed by atoms with E-state index in [4.69, 9.17) is 9.47 Å². The summed E-state index contributed by atoms with van der Waals surface area (Å²) < 4.78 is 52.2. The molecule has 1 saturated heterocycles. The van der Waals surface area contributed by atoms with Crippen molar-refractivity contribution < 1.29 is 27.4 Å². The number of alkyl halides is 3. The third-order valence-corrected chi connectivity index (χ3v) is 7.64. The highest BCUT2D eigenvalue weighted by Crippen LogP contribution is 2.44. The van der Waals surface area contributed by atoms with Gasteiger partial charge in [0.05, 0.1) is 18.6 Å². The molecule has 4 nitrogen and oxygen atoms in total. The van der Waals surface area contributed by atoms with Crippen molar-refractivity contribution in [2.45, 2.75) is 69.7 Å². The predicted octanol–water partition coefficient (Wildman–Crippen LogP) is 6.42. The fraction of sp³-hybridized carbons (Fsp3) is 0.536. The van der Waals surface area contributed by atoms with Crippen molar-refractivity contribution in [3.05, 3.63) is 64.2 Å². The van der Waals surface area contributed by atoms with Crippen LogP contribution in [0.25, 0.3) is 0 Å². The van der Waals surface area contributed by atoms with Crippen molar-refractivity contribution in [1.82, 2.24) is 4.90 Å². The maximum Gasteiger partial charge on any atom is 0.416 e.